The number of hydrogen-bond donors (Lipinski definition) is 2. The number of carboxylic acids is 1. The summed E-state index contributed by atoms with van der Waals surface area (Å²) in [6.45, 7) is 3.23. The minimum absolute atomic E-state index is 0.115. The Morgan fingerprint density at radius 2 is 1.96 bits per heavy atom. The number of sulfonamides is 1. The fourth-order valence-electron chi connectivity index (χ4n) is 3.04. The Balaban J connectivity index is 1.90. The lowest BCUT2D eigenvalue weighted by atomic mass is 9.90. The van der Waals surface area contributed by atoms with Crippen LogP contribution in [0.25, 0.3) is 0 Å². The van der Waals surface area contributed by atoms with Gasteiger partial charge in [-0.05, 0) is 44.2 Å². The van der Waals surface area contributed by atoms with Gasteiger partial charge >= 0.3 is 5.97 Å². The predicted octanol–water partition coefficient (Wildman–Crippen LogP) is 3.38. The van der Waals surface area contributed by atoms with Gasteiger partial charge in [0.2, 0.25) is 10.0 Å². The number of nitrogens with one attached hydrogen (secondary N) is 1. The quantitative estimate of drug-likeness (QED) is 0.735. The van der Waals surface area contributed by atoms with Crippen molar-refractivity contribution >= 4 is 27.6 Å². The van der Waals surface area contributed by atoms with Gasteiger partial charge in [-0.3, -0.25) is 0 Å². The zero-order chi connectivity index (χ0) is 20.5. The molecule has 1 unspecified atom stereocenters. The Hall–Kier alpha value is -2.29. The molecule has 2 N–H and O–H groups in total. The Morgan fingerprint density at radius 3 is 2.61 bits per heavy atom. The second kappa shape index (κ2) is 7.62. The smallest absolute Gasteiger partial charge is 0.341 e. The first-order valence-electron chi connectivity index (χ1n) is 8.51. The van der Waals surface area contributed by atoms with Crippen molar-refractivity contribution in [3.8, 4) is 11.5 Å². The molecular formula is C19H20ClNO6S. The molecule has 0 amide bonds. The van der Waals surface area contributed by atoms with Crippen LogP contribution in [0.4, 0.5) is 0 Å². The molecule has 0 fully saturated rings. The fraction of sp³-hybridized carbons (Fsp3) is 0.316. The number of halogens is 1. The van der Waals surface area contributed by atoms with Gasteiger partial charge in [0.05, 0.1) is 10.9 Å². The van der Waals surface area contributed by atoms with E-state index in [0.29, 0.717) is 28.5 Å². The zero-order valence-corrected chi connectivity index (χ0v) is 16.9. The van der Waals surface area contributed by atoms with Crippen molar-refractivity contribution in [2.24, 2.45) is 0 Å². The van der Waals surface area contributed by atoms with E-state index in [1.54, 1.807) is 18.2 Å². The maximum atomic E-state index is 12.8. The largest absolute Gasteiger partial charge is 0.487 e. The van der Waals surface area contributed by atoms with Crippen LogP contribution < -0.4 is 14.2 Å². The highest BCUT2D eigenvalue weighted by molar-refractivity contribution is 7.89. The van der Waals surface area contributed by atoms with E-state index in [4.69, 9.17) is 26.2 Å². The van der Waals surface area contributed by atoms with Crippen molar-refractivity contribution in [2.75, 3.05) is 6.61 Å². The molecule has 1 heterocycles. The van der Waals surface area contributed by atoms with Gasteiger partial charge < -0.3 is 14.6 Å². The first kappa shape index (κ1) is 20.4. The maximum Gasteiger partial charge on any atom is 0.341 e. The Labute approximate surface area is 168 Å². The summed E-state index contributed by atoms with van der Waals surface area (Å²) in [5, 5.41) is 9.20. The van der Waals surface area contributed by atoms with Gasteiger partial charge in [-0.1, -0.05) is 17.7 Å². The van der Waals surface area contributed by atoms with Crippen LogP contribution >= 0.6 is 11.6 Å². The van der Waals surface area contributed by atoms with Gasteiger partial charge in [0.15, 0.2) is 6.61 Å². The van der Waals surface area contributed by atoms with E-state index in [9.17, 15) is 13.2 Å². The third kappa shape index (κ3) is 4.76. The monoisotopic (exact) mass is 425 g/mol. The number of aliphatic carboxylic acids is 1. The Bertz CT molecular complexity index is 988. The molecule has 1 aliphatic heterocycles. The van der Waals surface area contributed by atoms with Crippen molar-refractivity contribution in [3.63, 3.8) is 0 Å². The molecule has 0 spiro atoms. The van der Waals surface area contributed by atoms with E-state index in [1.165, 1.54) is 24.3 Å². The number of carboxylic acid groups (broad SMARTS) is 1. The standard InChI is InChI=1S/C19H20ClNO6S/c1-19(2)10-16(21-28(24,25)14-6-3-12(20)4-7-14)15-8-5-13(9-17(15)27-19)26-11-18(22)23/h3-9,16,21H,10-11H2,1-2H3,(H,22,23). The van der Waals surface area contributed by atoms with Crippen molar-refractivity contribution in [3.05, 3.63) is 53.1 Å². The number of rotatable bonds is 6. The van der Waals surface area contributed by atoms with Crippen molar-refractivity contribution < 1.29 is 27.8 Å². The number of ether oxygens (including phenoxy) is 2. The van der Waals surface area contributed by atoms with Crippen LogP contribution in [-0.4, -0.2) is 31.7 Å². The predicted molar refractivity (Wildman–Crippen MR) is 103 cm³/mol. The highest BCUT2D eigenvalue weighted by atomic mass is 35.5. The van der Waals surface area contributed by atoms with Crippen LogP contribution in [0.3, 0.4) is 0 Å². The summed E-state index contributed by atoms with van der Waals surface area (Å²) in [5.41, 5.74) is 0.0190. The molecule has 3 rings (SSSR count). The Kier molecular flexibility index (Phi) is 5.56. The molecule has 9 heteroatoms. The second-order valence-electron chi connectivity index (χ2n) is 7.08. The van der Waals surface area contributed by atoms with Gasteiger partial charge in [-0.15, -0.1) is 0 Å². The van der Waals surface area contributed by atoms with Gasteiger partial charge in [-0.25, -0.2) is 17.9 Å². The molecule has 0 saturated carbocycles. The van der Waals surface area contributed by atoms with Crippen LogP contribution in [0, 0.1) is 0 Å². The average molecular weight is 426 g/mol. The molecular weight excluding hydrogens is 406 g/mol. The maximum absolute atomic E-state index is 12.8. The molecule has 0 aromatic heterocycles. The van der Waals surface area contributed by atoms with Crippen LogP contribution in [0.5, 0.6) is 11.5 Å². The molecule has 0 saturated heterocycles. The van der Waals surface area contributed by atoms with E-state index in [1.807, 2.05) is 13.8 Å². The molecule has 7 nitrogen and oxygen atoms in total. The minimum atomic E-state index is -3.77. The molecule has 0 aliphatic carbocycles. The zero-order valence-electron chi connectivity index (χ0n) is 15.3. The molecule has 0 radical (unpaired) electrons. The second-order valence-corrected chi connectivity index (χ2v) is 9.23. The number of hydrogen-bond acceptors (Lipinski definition) is 5. The average Bonchev–Trinajstić information content (AvgIpc) is 2.58. The molecule has 1 aliphatic rings. The number of carbonyl (C=O) groups is 1. The third-order valence-electron chi connectivity index (χ3n) is 4.23. The van der Waals surface area contributed by atoms with E-state index < -0.39 is 34.2 Å². The van der Waals surface area contributed by atoms with Gasteiger partial charge in [0.25, 0.3) is 0 Å². The van der Waals surface area contributed by atoms with E-state index >= 15 is 0 Å². The van der Waals surface area contributed by atoms with Crippen molar-refractivity contribution in [2.45, 2.75) is 36.8 Å². The molecule has 28 heavy (non-hydrogen) atoms. The van der Waals surface area contributed by atoms with Crippen molar-refractivity contribution in [1.29, 1.82) is 0 Å². The first-order valence-corrected chi connectivity index (χ1v) is 10.4. The molecule has 1 atom stereocenters. The van der Waals surface area contributed by atoms with Crippen LogP contribution in [0.1, 0.15) is 31.9 Å². The summed E-state index contributed by atoms with van der Waals surface area (Å²) in [5.74, 6) is -0.311. The summed E-state index contributed by atoms with van der Waals surface area (Å²) >= 11 is 5.84. The molecule has 2 aromatic carbocycles. The van der Waals surface area contributed by atoms with Crippen LogP contribution in [-0.2, 0) is 14.8 Å². The van der Waals surface area contributed by atoms with E-state index in [0.717, 1.165) is 0 Å². The minimum Gasteiger partial charge on any atom is -0.487 e. The SMILES string of the molecule is CC1(C)CC(NS(=O)(=O)c2ccc(Cl)cc2)c2ccc(OCC(=O)O)cc2O1. The number of fused-ring (bicyclic) bond motifs is 1. The summed E-state index contributed by atoms with van der Waals surface area (Å²) in [6, 6.07) is 10.2. The normalized spacial score (nSPS) is 18.0. The highest BCUT2D eigenvalue weighted by Gasteiger charge is 2.36. The van der Waals surface area contributed by atoms with E-state index in [-0.39, 0.29) is 4.90 Å². The summed E-state index contributed by atoms with van der Waals surface area (Å²) in [7, 11) is -3.77. The molecule has 2 aromatic rings. The van der Waals surface area contributed by atoms with Crippen LogP contribution in [0.15, 0.2) is 47.4 Å². The van der Waals surface area contributed by atoms with Gasteiger partial charge in [0, 0.05) is 23.1 Å². The summed E-state index contributed by atoms with van der Waals surface area (Å²) in [4.78, 5) is 10.8. The summed E-state index contributed by atoms with van der Waals surface area (Å²) < 4.78 is 39.5. The first-order chi connectivity index (χ1) is 13.1. The lowest BCUT2D eigenvalue weighted by Gasteiger charge is -2.37. The summed E-state index contributed by atoms with van der Waals surface area (Å²) in [6.07, 6.45) is 0.419. The number of benzene rings is 2. The van der Waals surface area contributed by atoms with Gasteiger partial charge in [0.1, 0.15) is 17.1 Å². The Morgan fingerprint density at radius 1 is 1.29 bits per heavy atom. The molecule has 150 valence electrons. The van der Waals surface area contributed by atoms with Crippen molar-refractivity contribution in [1.82, 2.24) is 4.72 Å². The topological polar surface area (TPSA) is 102 Å². The third-order valence-corrected chi connectivity index (χ3v) is 5.97. The van der Waals surface area contributed by atoms with Gasteiger partial charge in [-0.2, -0.15) is 0 Å². The lowest BCUT2D eigenvalue weighted by Crippen LogP contribution is -2.41. The van der Waals surface area contributed by atoms with Crippen LogP contribution in [0.2, 0.25) is 5.02 Å². The lowest BCUT2D eigenvalue weighted by molar-refractivity contribution is -0.139. The molecule has 0 bridgehead atoms. The van der Waals surface area contributed by atoms with E-state index in [2.05, 4.69) is 4.72 Å². The fourth-order valence-corrected chi connectivity index (χ4v) is 4.38. The highest BCUT2D eigenvalue weighted by Crippen LogP contribution is 2.41.